The minimum absolute atomic E-state index is 0.00438. The zero-order chi connectivity index (χ0) is 20.7. The van der Waals surface area contributed by atoms with Crippen LogP contribution in [0.1, 0.15) is 26.3 Å². The predicted octanol–water partition coefficient (Wildman–Crippen LogP) is 3.05. The SMILES string of the molecule is COCCn1c(SCC(=O)N[C@](C)(C#N)C(C)C)nnc1-c1cccc(C)c1. The number of benzene rings is 1. The summed E-state index contributed by atoms with van der Waals surface area (Å²) in [5, 5.41) is 21.4. The van der Waals surface area contributed by atoms with Crippen molar-refractivity contribution < 1.29 is 9.53 Å². The maximum Gasteiger partial charge on any atom is 0.231 e. The van der Waals surface area contributed by atoms with Gasteiger partial charge in [0.15, 0.2) is 11.0 Å². The average molecular weight is 402 g/mol. The van der Waals surface area contributed by atoms with Crippen LogP contribution in [-0.2, 0) is 16.1 Å². The van der Waals surface area contributed by atoms with E-state index < -0.39 is 5.54 Å². The van der Waals surface area contributed by atoms with Gasteiger partial charge in [-0.3, -0.25) is 9.36 Å². The molecule has 0 bridgehead atoms. The minimum atomic E-state index is -0.895. The fourth-order valence-corrected chi connectivity index (χ4v) is 3.30. The van der Waals surface area contributed by atoms with E-state index in [0.717, 1.165) is 17.0 Å². The van der Waals surface area contributed by atoms with E-state index in [1.165, 1.54) is 11.8 Å². The van der Waals surface area contributed by atoms with Crippen molar-refractivity contribution in [3.63, 3.8) is 0 Å². The number of thioether (sulfide) groups is 1. The summed E-state index contributed by atoms with van der Waals surface area (Å²) in [6.07, 6.45) is 0. The first-order chi connectivity index (χ1) is 13.3. The third-order valence-corrected chi connectivity index (χ3v) is 5.60. The number of aromatic nitrogens is 3. The normalized spacial score (nSPS) is 13.2. The molecule has 0 aliphatic carbocycles. The number of aryl methyl sites for hydroxylation is 1. The van der Waals surface area contributed by atoms with Crippen molar-refractivity contribution in [3.8, 4) is 17.5 Å². The van der Waals surface area contributed by atoms with Crippen molar-refractivity contribution in [1.82, 2.24) is 20.1 Å². The smallest absolute Gasteiger partial charge is 0.231 e. The quantitative estimate of drug-likeness (QED) is 0.649. The van der Waals surface area contributed by atoms with E-state index in [-0.39, 0.29) is 17.6 Å². The lowest BCUT2D eigenvalue weighted by Crippen LogP contribution is -2.49. The number of methoxy groups -OCH3 is 1. The Morgan fingerprint density at radius 2 is 2.18 bits per heavy atom. The second-order valence-electron chi connectivity index (χ2n) is 7.13. The third-order valence-electron chi connectivity index (χ3n) is 4.63. The van der Waals surface area contributed by atoms with Gasteiger partial charge in [0.2, 0.25) is 5.91 Å². The Balaban J connectivity index is 2.17. The lowest BCUT2D eigenvalue weighted by molar-refractivity contribution is -0.120. The number of carbonyl (C=O) groups excluding carboxylic acids is 1. The van der Waals surface area contributed by atoms with Crippen LogP contribution < -0.4 is 5.32 Å². The molecule has 2 aromatic rings. The van der Waals surface area contributed by atoms with Crippen molar-refractivity contribution >= 4 is 17.7 Å². The fourth-order valence-electron chi connectivity index (χ4n) is 2.53. The van der Waals surface area contributed by atoms with Gasteiger partial charge < -0.3 is 10.1 Å². The van der Waals surface area contributed by atoms with Gasteiger partial charge in [-0.1, -0.05) is 49.4 Å². The van der Waals surface area contributed by atoms with Gasteiger partial charge in [0.05, 0.1) is 25.0 Å². The number of hydrogen-bond donors (Lipinski definition) is 1. The van der Waals surface area contributed by atoms with Gasteiger partial charge in [0.25, 0.3) is 0 Å². The molecular weight excluding hydrogens is 374 g/mol. The van der Waals surface area contributed by atoms with E-state index in [1.54, 1.807) is 14.0 Å². The van der Waals surface area contributed by atoms with Gasteiger partial charge in [-0.15, -0.1) is 10.2 Å². The highest BCUT2D eigenvalue weighted by Gasteiger charge is 2.30. The second-order valence-corrected chi connectivity index (χ2v) is 8.07. The van der Waals surface area contributed by atoms with Crippen molar-refractivity contribution in [2.75, 3.05) is 19.5 Å². The van der Waals surface area contributed by atoms with E-state index >= 15 is 0 Å². The molecule has 1 atom stereocenters. The first kappa shape index (κ1) is 21.9. The number of carbonyl (C=O) groups is 1. The first-order valence-electron chi connectivity index (χ1n) is 9.15. The summed E-state index contributed by atoms with van der Waals surface area (Å²) in [7, 11) is 1.64. The molecule has 2 rings (SSSR count). The van der Waals surface area contributed by atoms with Crippen LogP contribution >= 0.6 is 11.8 Å². The standard InChI is InChI=1S/C20H27N5O2S/c1-14(2)20(4,13-21)22-17(26)12-28-19-24-23-18(25(19)9-10-27-5)16-8-6-7-15(3)11-16/h6-8,11,14H,9-10,12H2,1-5H3,(H,22,26)/t20-/m1/s1. The summed E-state index contributed by atoms with van der Waals surface area (Å²) in [5.74, 6) is 0.696. The molecule has 1 aromatic heterocycles. The molecule has 1 aromatic carbocycles. The maximum atomic E-state index is 12.4. The van der Waals surface area contributed by atoms with Crippen LogP contribution in [0, 0.1) is 24.2 Å². The predicted molar refractivity (Wildman–Crippen MR) is 110 cm³/mol. The van der Waals surface area contributed by atoms with Gasteiger partial charge in [0, 0.05) is 12.7 Å². The van der Waals surface area contributed by atoms with Crippen LogP contribution in [0.4, 0.5) is 0 Å². The van der Waals surface area contributed by atoms with Gasteiger partial charge in [0.1, 0.15) is 5.54 Å². The van der Waals surface area contributed by atoms with E-state index in [4.69, 9.17) is 4.74 Å². The Labute approximate surface area is 170 Å². The summed E-state index contributed by atoms with van der Waals surface area (Å²) < 4.78 is 7.18. The highest BCUT2D eigenvalue weighted by Crippen LogP contribution is 2.25. The Kier molecular flexibility index (Phi) is 7.61. The minimum Gasteiger partial charge on any atom is -0.383 e. The molecule has 150 valence electrons. The summed E-state index contributed by atoms with van der Waals surface area (Å²) in [6.45, 7) is 8.67. The lowest BCUT2D eigenvalue weighted by atomic mass is 9.90. The van der Waals surface area contributed by atoms with Gasteiger partial charge in [-0.25, -0.2) is 0 Å². The molecule has 7 nitrogen and oxygen atoms in total. The van der Waals surface area contributed by atoms with Crippen molar-refractivity contribution in [2.24, 2.45) is 5.92 Å². The summed E-state index contributed by atoms with van der Waals surface area (Å²) in [5.41, 5.74) is 1.21. The molecule has 0 aliphatic heterocycles. The summed E-state index contributed by atoms with van der Waals surface area (Å²) in [4.78, 5) is 12.4. The molecule has 0 unspecified atom stereocenters. The van der Waals surface area contributed by atoms with Gasteiger partial charge in [-0.2, -0.15) is 5.26 Å². The summed E-state index contributed by atoms with van der Waals surface area (Å²) >= 11 is 1.30. The molecule has 1 heterocycles. The Morgan fingerprint density at radius 1 is 1.43 bits per heavy atom. The average Bonchev–Trinajstić information content (AvgIpc) is 3.07. The molecule has 0 spiro atoms. The highest BCUT2D eigenvalue weighted by molar-refractivity contribution is 7.99. The van der Waals surface area contributed by atoms with Gasteiger partial charge >= 0.3 is 0 Å². The third kappa shape index (κ3) is 5.33. The van der Waals surface area contributed by atoms with Crippen LogP contribution in [0.5, 0.6) is 0 Å². The topological polar surface area (TPSA) is 92.8 Å². The molecule has 0 saturated heterocycles. The second kappa shape index (κ2) is 9.71. The van der Waals surface area contributed by atoms with E-state index in [0.29, 0.717) is 18.3 Å². The number of nitriles is 1. The molecule has 1 amide bonds. The molecule has 8 heteroatoms. The molecule has 0 aliphatic rings. The zero-order valence-electron chi connectivity index (χ0n) is 17.0. The fraction of sp³-hybridized carbons (Fsp3) is 0.500. The molecule has 0 radical (unpaired) electrons. The first-order valence-corrected chi connectivity index (χ1v) is 10.1. The summed E-state index contributed by atoms with van der Waals surface area (Å²) in [6, 6.07) is 10.2. The lowest BCUT2D eigenvalue weighted by Gasteiger charge is -2.27. The van der Waals surface area contributed by atoms with E-state index in [2.05, 4.69) is 27.6 Å². The van der Waals surface area contributed by atoms with Crippen molar-refractivity contribution in [3.05, 3.63) is 29.8 Å². The van der Waals surface area contributed by atoms with Crippen LogP contribution in [0.15, 0.2) is 29.4 Å². The Morgan fingerprint density at radius 3 is 2.79 bits per heavy atom. The highest BCUT2D eigenvalue weighted by atomic mass is 32.2. The van der Waals surface area contributed by atoms with Crippen molar-refractivity contribution in [1.29, 1.82) is 5.26 Å². The van der Waals surface area contributed by atoms with Crippen LogP contribution in [0.25, 0.3) is 11.4 Å². The monoisotopic (exact) mass is 401 g/mol. The van der Waals surface area contributed by atoms with Crippen LogP contribution in [0.3, 0.4) is 0 Å². The number of amides is 1. The van der Waals surface area contributed by atoms with E-state index in [1.807, 2.05) is 43.5 Å². The molecule has 28 heavy (non-hydrogen) atoms. The zero-order valence-corrected chi connectivity index (χ0v) is 17.8. The number of ether oxygens (including phenoxy) is 1. The largest absolute Gasteiger partial charge is 0.383 e. The number of nitrogens with one attached hydrogen (secondary N) is 1. The molecular formula is C20H27N5O2S. The Hall–Kier alpha value is -2.37. The molecule has 0 saturated carbocycles. The number of nitrogens with zero attached hydrogens (tertiary/aromatic N) is 4. The molecule has 1 N–H and O–H groups in total. The van der Waals surface area contributed by atoms with Gasteiger partial charge in [-0.05, 0) is 25.8 Å². The van der Waals surface area contributed by atoms with Crippen LogP contribution in [-0.4, -0.2) is 45.7 Å². The molecule has 0 fully saturated rings. The Bertz CT molecular complexity index is 859. The van der Waals surface area contributed by atoms with Crippen LogP contribution in [0.2, 0.25) is 0 Å². The van der Waals surface area contributed by atoms with Crippen molar-refractivity contribution in [2.45, 2.75) is 44.9 Å². The maximum absolute atomic E-state index is 12.4. The van der Waals surface area contributed by atoms with E-state index in [9.17, 15) is 10.1 Å². The number of rotatable bonds is 9. The number of hydrogen-bond acceptors (Lipinski definition) is 6.